The summed E-state index contributed by atoms with van der Waals surface area (Å²) in [6, 6.07) is 9.38. The Morgan fingerprint density at radius 1 is 1.36 bits per heavy atom. The number of esters is 1. The van der Waals surface area contributed by atoms with Crippen molar-refractivity contribution in [2.24, 2.45) is 17.3 Å². The predicted molar refractivity (Wildman–Crippen MR) is 94.4 cm³/mol. The highest BCUT2D eigenvalue weighted by atomic mass is 16.5. The summed E-state index contributed by atoms with van der Waals surface area (Å²) in [6.07, 6.45) is 6.94. The highest BCUT2D eigenvalue weighted by Crippen LogP contribution is 2.76. The fraction of sp³-hybridized carbons (Fsp3) is 0.571. The smallest absolute Gasteiger partial charge is 0.311 e. The molecule has 2 N–H and O–H groups in total. The maximum Gasteiger partial charge on any atom is 0.311 e. The van der Waals surface area contributed by atoms with Crippen molar-refractivity contribution in [3.8, 4) is 0 Å². The lowest BCUT2D eigenvalue weighted by molar-refractivity contribution is -0.917. The first-order chi connectivity index (χ1) is 12.1. The number of methoxy groups -OCH3 is 1. The number of hydrogen-bond donors (Lipinski definition) is 2. The monoisotopic (exact) mass is 337 g/mol. The number of ether oxygens (including phenoxy) is 1. The molecule has 7 atom stereocenters. The molecule has 3 fully saturated rings. The van der Waals surface area contributed by atoms with E-state index in [2.05, 4.69) is 48.7 Å². The van der Waals surface area contributed by atoms with Crippen LogP contribution in [0.15, 0.2) is 36.4 Å². The zero-order valence-corrected chi connectivity index (χ0v) is 14.8. The Bertz CT molecular complexity index is 835. The van der Waals surface area contributed by atoms with Crippen LogP contribution in [0.5, 0.6) is 0 Å². The maximum atomic E-state index is 12.9. The van der Waals surface area contributed by atoms with E-state index in [1.807, 2.05) is 0 Å². The van der Waals surface area contributed by atoms with Crippen molar-refractivity contribution in [1.82, 2.24) is 0 Å². The molecule has 3 aliphatic heterocycles. The van der Waals surface area contributed by atoms with Gasteiger partial charge in [-0.05, 0) is 30.0 Å². The van der Waals surface area contributed by atoms with Gasteiger partial charge in [-0.15, -0.1) is 0 Å². The van der Waals surface area contributed by atoms with E-state index < -0.39 is 0 Å². The molecule has 25 heavy (non-hydrogen) atoms. The quantitative estimate of drug-likeness (QED) is 0.597. The van der Waals surface area contributed by atoms with Crippen molar-refractivity contribution in [2.75, 3.05) is 25.5 Å². The van der Waals surface area contributed by atoms with Crippen LogP contribution < -0.4 is 10.2 Å². The summed E-state index contributed by atoms with van der Waals surface area (Å²) in [6.45, 7) is 4.71. The molecule has 0 radical (unpaired) electrons. The average molecular weight is 337 g/mol. The van der Waals surface area contributed by atoms with Gasteiger partial charge in [-0.2, -0.15) is 0 Å². The van der Waals surface area contributed by atoms with Crippen LogP contribution in [-0.2, 0) is 14.9 Å². The van der Waals surface area contributed by atoms with Gasteiger partial charge in [-0.25, -0.2) is 0 Å². The number of carbonyl (C=O) groups is 1. The number of nitrogens with one attached hydrogen (secondary N) is 2. The van der Waals surface area contributed by atoms with Crippen molar-refractivity contribution >= 4 is 11.7 Å². The lowest BCUT2D eigenvalue weighted by Gasteiger charge is -2.48. The summed E-state index contributed by atoms with van der Waals surface area (Å²) in [5.41, 5.74) is 2.66. The van der Waals surface area contributed by atoms with Crippen molar-refractivity contribution < 1.29 is 14.4 Å². The molecule has 6 rings (SSSR count). The average Bonchev–Trinajstić information content (AvgIpc) is 3.29. The fourth-order valence-corrected chi connectivity index (χ4v) is 8.15. The highest BCUT2D eigenvalue weighted by Gasteiger charge is 2.88. The molecule has 1 aromatic carbocycles. The van der Waals surface area contributed by atoms with E-state index in [1.54, 1.807) is 12.0 Å². The van der Waals surface area contributed by atoms with E-state index in [9.17, 15) is 4.79 Å². The number of anilines is 1. The third-order valence-electron chi connectivity index (χ3n) is 8.66. The molecule has 1 unspecified atom stereocenters. The molecule has 0 aromatic heterocycles. The van der Waals surface area contributed by atoms with Gasteiger partial charge in [-0.1, -0.05) is 31.2 Å². The summed E-state index contributed by atoms with van der Waals surface area (Å²) in [7, 11) is 1.54. The topological polar surface area (TPSA) is 42.8 Å². The third-order valence-corrected chi connectivity index (χ3v) is 8.66. The van der Waals surface area contributed by atoms with E-state index >= 15 is 0 Å². The molecular weight excluding hydrogens is 312 g/mol. The highest BCUT2D eigenvalue weighted by molar-refractivity contribution is 5.82. The Hall–Kier alpha value is -1.81. The summed E-state index contributed by atoms with van der Waals surface area (Å²) in [4.78, 5) is 14.6. The molecule has 2 aliphatic carbocycles. The van der Waals surface area contributed by atoms with Crippen LogP contribution in [0.1, 0.15) is 25.3 Å². The zero-order valence-electron chi connectivity index (χ0n) is 14.8. The predicted octanol–water partition coefficient (Wildman–Crippen LogP) is 1.14. The lowest BCUT2D eigenvalue weighted by Crippen LogP contribution is -3.16. The van der Waals surface area contributed by atoms with Gasteiger partial charge >= 0.3 is 5.97 Å². The fourth-order valence-electron chi connectivity index (χ4n) is 8.15. The second kappa shape index (κ2) is 4.12. The maximum absolute atomic E-state index is 12.9. The van der Waals surface area contributed by atoms with Crippen LogP contribution in [-0.4, -0.2) is 37.7 Å². The second-order valence-corrected chi connectivity index (χ2v) is 8.82. The van der Waals surface area contributed by atoms with E-state index in [1.165, 1.54) is 17.8 Å². The molecule has 2 bridgehead atoms. The van der Waals surface area contributed by atoms with Gasteiger partial charge in [0.1, 0.15) is 6.04 Å². The van der Waals surface area contributed by atoms with E-state index in [0.29, 0.717) is 12.0 Å². The number of fused-ring (bicyclic) bond motifs is 1. The minimum absolute atomic E-state index is 0.0331. The number of carbonyl (C=O) groups excluding carboxylic acids is 1. The first kappa shape index (κ1) is 14.4. The van der Waals surface area contributed by atoms with Gasteiger partial charge in [-0.3, -0.25) is 4.79 Å². The molecular formula is C21H25N2O2+. The molecule has 3 heterocycles. The molecule has 1 saturated heterocycles. The zero-order chi connectivity index (χ0) is 17.0. The number of hydrogen-bond acceptors (Lipinski definition) is 3. The molecule has 0 amide bonds. The van der Waals surface area contributed by atoms with Crippen molar-refractivity contribution in [3.05, 3.63) is 42.0 Å². The van der Waals surface area contributed by atoms with Gasteiger partial charge < -0.3 is 15.0 Å². The number of quaternary nitrogens is 1. The molecule has 130 valence electrons. The summed E-state index contributed by atoms with van der Waals surface area (Å²) >= 11 is 0. The van der Waals surface area contributed by atoms with Gasteiger partial charge in [0.2, 0.25) is 0 Å². The van der Waals surface area contributed by atoms with Crippen molar-refractivity contribution in [3.63, 3.8) is 0 Å². The van der Waals surface area contributed by atoms with E-state index in [0.717, 1.165) is 19.4 Å². The standard InChI is InChI=1S/C21H24N2O2/c1-13-19-8-5-10-23-11-9-20(18(19)23)14-6-3-4-7-16(14)22-21(13,20)15(12-19)17(24)25-2/h3-8,13,15,18,22H,9-12H2,1-2H3/p+1/t13-,15+,18+,19-,20+,21+/m0/s1. The SMILES string of the molecule is COC(=O)[C@H]1C[C@@]23C=CC[NH+]4CC[C@@]5(c6ccccc6N[C@]15[C@H]2C)[C@H]43. The van der Waals surface area contributed by atoms with E-state index in [4.69, 9.17) is 4.74 Å². The van der Waals surface area contributed by atoms with Gasteiger partial charge in [0.05, 0.1) is 37.1 Å². The first-order valence-corrected chi connectivity index (χ1v) is 9.59. The van der Waals surface area contributed by atoms with Gasteiger partial charge in [0.15, 0.2) is 0 Å². The molecule has 1 aromatic rings. The lowest BCUT2D eigenvalue weighted by atomic mass is 9.57. The number of para-hydroxylation sites is 1. The van der Waals surface area contributed by atoms with Crippen LogP contribution in [0.4, 0.5) is 5.69 Å². The minimum atomic E-state index is -0.203. The largest absolute Gasteiger partial charge is 0.469 e. The van der Waals surface area contributed by atoms with Crippen LogP contribution in [0, 0.1) is 17.3 Å². The Morgan fingerprint density at radius 2 is 2.20 bits per heavy atom. The number of rotatable bonds is 1. The van der Waals surface area contributed by atoms with Crippen LogP contribution in [0.3, 0.4) is 0 Å². The molecule has 4 heteroatoms. The second-order valence-electron chi connectivity index (χ2n) is 8.82. The van der Waals surface area contributed by atoms with E-state index in [-0.39, 0.29) is 28.3 Å². The van der Waals surface area contributed by atoms with Crippen LogP contribution in [0.25, 0.3) is 0 Å². The van der Waals surface area contributed by atoms with Gasteiger partial charge in [0, 0.05) is 17.5 Å². The Kier molecular flexibility index (Phi) is 2.37. The normalized spacial score (nSPS) is 50.2. The third kappa shape index (κ3) is 1.19. The van der Waals surface area contributed by atoms with Gasteiger partial charge in [0.25, 0.3) is 0 Å². The Labute approximate surface area is 148 Å². The summed E-state index contributed by atoms with van der Waals surface area (Å²) < 4.78 is 5.31. The minimum Gasteiger partial charge on any atom is -0.469 e. The Morgan fingerprint density at radius 3 is 3.04 bits per heavy atom. The summed E-state index contributed by atoms with van der Waals surface area (Å²) in [5, 5.41) is 3.94. The number of benzene rings is 1. The molecule has 2 saturated carbocycles. The molecule has 4 nitrogen and oxygen atoms in total. The molecule has 5 aliphatic rings. The summed E-state index contributed by atoms with van der Waals surface area (Å²) in [5.74, 6) is 0.320. The first-order valence-electron chi connectivity index (χ1n) is 9.59. The van der Waals surface area contributed by atoms with Crippen LogP contribution >= 0.6 is 0 Å². The van der Waals surface area contributed by atoms with Crippen molar-refractivity contribution in [2.45, 2.75) is 36.8 Å². The van der Waals surface area contributed by atoms with Crippen LogP contribution in [0.2, 0.25) is 0 Å². The van der Waals surface area contributed by atoms with Crippen molar-refractivity contribution in [1.29, 1.82) is 0 Å². The molecule has 3 spiro atoms. The Balaban J connectivity index is 1.69.